The molecule has 0 saturated carbocycles. The third kappa shape index (κ3) is 7.04. The van der Waals surface area contributed by atoms with Crippen LogP contribution in [-0.2, 0) is 11.2 Å². The highest BCUT2D eigenvalue weighted by molar-refractivity contribution is 6.09. The van der Waals surface area contributed by atoms with Crippen LogP contribution in [0, 0.1) is 5.92 Å². The number of anilines is 1. The van der Waals surface area contributed by atoms with Gasteiger partial charge in [0.1, 0.15) is 6.04 Å². The van der Waals surface area contributed by atoms with Crippen LogP contribution in [0.4, 0.5) is 5.69 Å². The van der Waals surface area contributed by atoms with Gasteiger partial charge in [0.25, 0.3) is 11.8 Å². The summed E-state index contributed by atoms with van der Waals surface area (Å²) in [6.07, 6.45) is 0.356. The van der Waals surface area contributed by atoms with Gasteiger partial charge in [-0.2, -0.15) is 0 Å². The topological polar surface area (TPSA) is 87.3 Å². The van der Waals surface area contributed by atoms with E-state index in [1.54, 1.807) is 48.5 Å². The molecule has 0 fully saturated rings. The number of benzene rings is 3. The highest BCUT2D eigenvalue weighted by Gasteiger charge is 2.23. The fourth-order valence-electron chi connectivity index (χ4n) is 3.30. The minimum atomic E-state index is -0.753. The van der Waals surface area contributed by atoms with Crippen molar-refractivity contribution in [2.45, 2.75) is 26.3 Å². The van der Waals surface area contributed by atoms with Gasteiger partial charge in [-0.3, -0.25) is 14.4 Å². The monoisotopic (exact) mass is 443 g/mol. The predicted molar refractivity (Wildman–Crippen MR) is 130 cm³/mol. The van der Waals surface area contributed by atoms with E-state index in [1.165, 1.54) is 0 Å². The highest BCUT2D eigenvalue weighted by atomic mass is 16.2. The summed E-state index contributed by atoms with van der Waals surface area (Å²) in [5, 5.41) is 8.56. The van der Waals surface area contributed by atoms with Crippen LogP contribution in [0.3, 0.4) is 0 Å². The van der Waals surface area contributed by atoms with Gasteiger partial charge >= 0.3 is 0 Å². The van der Waals surface area contributed by atoms with Crippen LogP contribution in [0.25, 0.3) is 0 Å². The maximum absolute atomic E-state index is 13.2. The average molecular weight is 444 g/mol. The lowest BCUT2D eigenvalue weighted by atomic mass is 10.0. The van der Waals surface area contributed by atoms with Crippen LogP contribution in [0.5, 0.6) is 0 Å². The molecule has 0 bridgehead atoms. The third-order valence-electron chi connectivity index (χ3n) is 5.04. The summed E-state index contributed by atoms with van der Waals surface area (Å²) >= 11 is 0. The standard InChI is InChI=1S/C27H29N3O3/c1-19(2)18-28-27(33)24(17-20-11-5-3-6-12-20)30-26(32)22-15-9-10-16-23(22)29-25(31)21-13-7-4-8-14-21/h3-16,19,24H,17-18H2,1-2H3,(H,28,33)(H,29,31)(H,30,32)/t24-/m0/s1. The van der Waals surface area contributed by atoms with E-state index in [0.29, 0.717) is 24.2 Å². The summed E-state index contributed by atoms with van der Waals surface area (Å²) in [5.41, 5.74) is 2.09. The lowest BCUT2D eigenvalue weighted by Gasteiger charge is -2.20. The second-order valence-electron chi connectivity index (χ2n) is 8.22. The molecule has 3 rings (SSSR count). The molecule has 0 heterocycles. The number of para-hydroxylation sites is 1. The molecule has 6 nitrogen and oxygen atoms in total. The Labute approximate surface area is 194 Å². The van der Waals surface area contributed by atoms with E-state index >= 15 is 0 Å². The molecule has 0 aliphatic heterocycles. The Morgan fingerprint density at radius 1 is 0.758 bits per heavy atom. The number of hydrogen-bond acceptors (Lipinski definition) is 3. The molecule has 3 amide bonds. The van der Waals surface area contributed by atoms with Gasteiger partial charge in [0, 0.05) is 18.5 Å². The second kappa shape index (κ2) is 11.6. The van der Waals surface area contributed by atoms with Crippen molar-refractivity contribution in [3.05, 3.63) is 102 Å². The highest BCUT2D eigenvalue weighted by Crippen LogP contribution is 2.17. The molecule has 0 aliphatic carbocycles. The van der Waals surface area contributed by atoms with E-state index in [-0.39, 0.29) is 23.3 Å². The minimum absolute atomic E-state index is 0.244. The molecule has 0 saturated heterocycles. The molecule has 6 heteroatoms. The number of hydrogen-bond donors (Lipinski definition) is 3. The van der Waals surface area contributed by atoms with E-state index in [9.17, 15) is 14.4 Å². The number of rotatable bonds is 9. The molecule has 3 N–H and O–H groups in total. The van der Waals surface area contributed by atoms with E-state index in [1.807, 2.05) is 50.2 Å². The van der Waals surface area contributed by atoms with Crippen molar-refractivity contribution in [3.8, 4) is 0 Å². The fraction of sp³-hybridized carbons (Fsp3) is 0.222. The van der Waals surface area contributed by atoms with Crippen molar-refractivity contribution in [2.75, 3.05) is 11.9 Å². The normalized spacial score (nSPS) is 11.5. The molecular weight excluding hydrogens is 414 g/mol. The maximum Gasteiger partial charge on any atom is 0.255 e. The fourth-order valence-corrected chi connectivity index (χ4v) is 3.30. The van der Waals surface area contributed by atoms with Gasteiger partial charge in [0.05, 0.1) is 11.3 Å². The zero-order chi connectivity index (χ0) is 23.6. The summed E-state index contributed by atoms with van der Waals surface area (Å²) in [4.78, 5) is 38.7. The Morgan fingerprint density at radius 3 is 2.03 bits per heavy atom. The first-order valence-corrected chi connectivity index (χ1v) is 11.0. The Bertz CT molecular complexity index is 1080. The number of amides is 3. The summed E-state index contributed by atoms with van der Waals surface area (Å²) in [7, 11) is 0. The van der Waals surface area contributed by atoms with Gasteiger partial charge in [-0.05, 0) is 35.7 Å². The molecule has 0 radical (unpaired) electrons. The lowest BCUT2D eigenvalue weighted by molar-refractivity contribution is -0.123. The van der Waals surface area contributed by atoms with Crippen LogP contribution in [-0.4, -0.2) is 30.3 Å². The van der Waals surface area contributed by atoms with E-state index in [0.717, 1.165) is 5.56 Å². The van der Waals surface area contributed by atoms with Gasteiger partial charge in [-0.15, -0.1) is 0 Å². The molecule has 33 heavy (non-hydrogen) atoms. The van der Waals surface area contributed by atoms with Crippen LogP contribution >= 0.6 is 0 Å². The zero-order valence-corrected chi connectivity index (χ0v) is 18.9. The molecule has 3 aromatic rings. The van der Waals surface area contributed by atoms with Gasteiger partial charge in [-0.25, -0.2) is 0 Å². The van der Waals surface area contributed by atoms with Crippen molar-refractivity contribution in [1.29, 1.82) is 0 Å². The molecule has 0 spiro atoms. The summed E-state index contributed by atoms with van der Waals surface area (Å²) < 4.78 is 0. The first-order chi connectivity index (χ1) is 15.9. The average Bonchev–Trinajstić information content (AvgIpc) is 2.83. The molecule has 0 unspecified atom stereocenters. The van der Waals surface area contributed by atoms with Gasteiger partial charge in [0.15, 0.2) is 0 Å². The molecule has 0 aromatic heterocycles. The largest absolute Gasteiger partial charge is 0.354 e. The molecule has 1 atom stereocenters. The van der Waals surface area contributed by atoms with E-state index in [4.69, 9.17) is 0 Å². The van der Waals surface area contributed by atoms with Crippen LogP contribution in [0.1, 0.15) is 40.1 Å². The first-order valence-electron chi connectivity index (χ1n) is 11.0. The molecular formula is C27H29N3O3. The number of nitrogens with one attached hydrogen (secondary N) is 3. The number of carbonyl (C=O) groups is 3. The number of carbonyl (C=O) groups excluding carboxylic acids is 3. The van der Waals surface area contributed by atoms with Crippen molar-refractivity contribution < 1.29 is 14.4 Å². The van der Waals surface area contributed by atoms with E-state index < -0.39 is 11.9 Å². The summed E-state index contributed by atoms with van der Waals surface area (Å²) in [6.45, 7) is 4.54. The minimum Gasteiger partial charge on any atom is -0.354 e. The third-order valence-corrected chi connectivity index (χ3v) is 5.04. The van der Waals surface area contributed by atoms with Gasteiger partial charge < -0.3 is 16.0 Å². The van der Waals surface area contributed by atoms with Gasteiger partial charge in [0.2, 0.25) is 5.91 Å². The Kier molecular flexibility index (Phi) is 8.36. The van der Waals surface area contributed by atoms with E-state index in [2.05, 4.69) is 16.0 Å². The predicted octanol–water partition coefficient (Wildman–Crippen LogP) is 4.05. The molecule has 3 aromatic carbocycles. The van der Waals surface area contributed by atoms with Crippen molar-refractivity contribution in [1.82, 2.24) is 10.6 Å². The Balaban J connectivity index is 1.78. The molecule has 0 aliphatic rings. The maximum atomic E-state index is 13.2. The smallest absolute Gasteiger partial charge is 0.255 e. The van der Waals surface area contributed by atoms with Crippen molar-refractivity contribution in [3.63, 3.8) is 0 Å². The van der Waals surface area contributed by atoms with Crippen molar-refractivity contribution in [2.24, 2.45) is 5.92 Å². The van der Waals surface area contributed by atoms with Crippen LogP contribution in [0.2, 0.25) is 0 Å². The van der Waals surface area contributed by atoms with Crippen molar-refractivity contribution >= 4 is 23.4 Å². The Morgan fingerprint density at radius 2 is 1.36 bits per heavy atom. The first kappa shape index (κ1) is 23.7. The SMILES string of the molecule is CC(C)CNC(=O)[C@H](Cc1ccccc1)NC(=O)c1ccccc1NC(=O)c1ccccc1. The second-order valence-corrected chi connectivity index (χ2v) is 8.22. The van der Waals surface area contributed by atoms with Crippen LogP contribution in [0.15, 0.2) is 84.9 Å². The summed E-state index contributed by atoms with van der Waals surface area (Å²) in [6, 6.07) is 24.3. The molecule has 170 valence electrons. The quantitative estimate of drug-likeness (QED) is 0.466. The lowest BCUT2D eigenvalue weighted by Crippen LogP contribution is -2.48. The Hall–Kier alpha value is -3.93. The summed E-state index contributed by atoms with van der Waals surface area (Å²) in [5.74, 6) is -0.700. The van der Waals surface area contributed by atoms with Gasteiger partial charge in [-0.1, -0.05) is 74.5 Å². The van der Waals surface area contributed by atoms with Crippen LogP contribution < -0.4 is 16.0 Å². The zero-order valence-electron chi connectivity index (χ0n) is 18.9.